The number of anilines is 2. The van der Waals surface area contributed by atoms with E-state index in [1.54, 1.807) is 18.2 Å². The summed E-state index contributed by atoms with van der Waals surface area (Å²) in [5.41, 5.74) is 5.81. The molecule has 200 valence electrons. The molecule has 1 aromatic heterocycles. The molecule has 12 heteroatoms. The minimum absolute atomic E-state index is 0.102. The molecule has 1 N–H and O–H groups in total. The van der Waals surface area contributed by atoms with Crippen molar-refractivity contribution >= 4 is 126 Å². The van der Waals surface area contributed by atoms with E-state index in [4.69, 9.17) is 0 Å². The molecule has 39 heavy (non-hydrogen) atoms. The lowest BCUT2D eigenvalue weighted by Crippen LogP contribution is -2.29. The number of thioether (sulfide) groups is 1. The maximum absolute atomic E-state index is 13.4. The lowest BCUT2D eigenvalue weighted by molar-refractivity contribution is -0.115. The molecule has 6 nitrogen and oxygen atoms in total. The van der Waals surface area contributed by atoms with Gasteiger partial charge in [0.25, 0.3) is 11.8 Å². The minimum atomic E-state index is -0.416. The number of hydrogen-bond donors (Lipinski definition) is 1. The van der Waals surface area contributed by atoms with Crippen LogP contribution in [-0.2, 0) is 4.79 Å². The molecule has 0 saturated heterocycles. The number of hydrogen-bond acceptors (Lipinski definition) is 6. The largest absolute Gasteiger partial charge is 0.325 e. The van der Waals surface area contributed by atoms with Gasteiger partial charge in [-0.1, -0.05) is 29.5 Å². The van der Waals surface area contributed by atoms with Crippen molar-refractivity contribution in [2.75, 3.05) is 10.2 Å². The van der Waals surface area contributed by atoms with E-state index in [0.29, 0.717) is 34.7 Å². The van der Waals surface area contributed by atoms with Crippen molar-refractivity contribution in [3.63, 3.8) is 0 Å². The van der Waals surface area contributed by atoms with Crippen LogP contribution in [0.3, 0.4) is 0 Å². The number of fused-ring (bicyclic) bond motifs is 2. The predicted molar refractivity (Wildman–Crippen MR) is 173 cm³/mol. The number of halogens is 4. The van der Waals surface area contributed by atoms with Gasteiger partial charge < -0.3 is 5.32 Å². The quantitative estimate of drug-likeness (QED) is 0.0942. The van der Waals surface area contributed by atoms with Gasteiger partial charge >= 0.3 is 0 Å². The monoisotopic (exact) mass is 813 g/mol. The van der Waals surface area contributed by atoms with Crippen LogP contribution in [0.25, 0.3) is 10.2 Å². The summed E-state index contributed by atoms with van der Waals surface area (Å²) in [6.45, 7) is 7.86. The molecule has 1 atom stereocenters. The van der Waals surface area contributed by atoms with E-state index in [9.17, 15) is 14.4 Å². The van der Waals surface area contributed by atoms with Crippen LogP contribution in [-0.4, -0.2) is 28.0 Å². The first-order chi connectivity index (χ1) is 18.4. The molecule has 3 amide bonds. The van der Waals surface area contributed by atoms with E-state index in [2.05, 4.69) is 86.2 Å². The van der Waals surface area contributed by atoms with Gasteiger partial charge in [-0.15, -0.1) is 11.3 Å². The van der Waals surface area contributed by atoms with Gasteiger partial charge in [0.05, 0.1) is 32.3 Å². The smallest absolute Gasteiger partial charge is 0.267 e. The lowest BCUT2D eigenvalue weighted by atomic mass is 10.1. The first kappa shape index (κ1) is 28.9. The Morgan fingerprint density at radius 3 is 2.05 bits per heavy atom. The van der Waals surface area contributed by atoms with E-state index in [1.165, 1.54) is 28.0 Å². The topological polar surface area (TPSA) is 79.4 Å². The Morgan fingerprint density at radius 2 is 1.49 bits per heavy atom. The second-order valence-electron chi connectivity index (χ2n) is 9.11. The molecular weight excluding hydrogens is 798 g/mol. The summed E-state index contributed by atoms with van der Waals surface area (Å²) in [6, 6.07) is 9.38. The Morgan fingerprint density at radius 1 is 0.923 bits per heavy atom. The fourth-order valence-corrected chi connectivity index (χ4v) is 9.17. The van der Waals surface area contributed by atoms with E-state index >= 15 is 0 Å². The summed E-state index contributed by atoms with van der Waals surface area (Å²) in [5.74, 6) is -0.933. The predicted octanol–water partition coefficient (Wildman–Crippen LogP) is 9.19. The third-order valence-corrected chi connectivity index (χ3v) is 13.3. The zero-order valence-electron chi connectivity index (χ0n) is 20.9. The number of imide groups is 1. The van der Waals surface area contributed by atoms with Gasteiger partial charge in [0.2, 0.25) is 5.91 Å². The van der Waals surface area contributed by atoms with Gasteiger partial charge in [0.1, 0.15) is 0 Å². The van der Waals surface area contributed by atoms with E-state index in [1.807, 2.05) is 27.7 Å². The third kappa shape index (κ3) is 5.17. The molecule has 0 radical (unpaired) electrons. The standard InChI is InChI=1S/C27H19Br4N3O3S2/c1-10-7-11(2)23(12(3)8-10)33-24(35)13(4)38-27-32-15-6-5-14(9-16(15)39-27)34-25(36)17-18(26(34)37)20(29)22(31)21(30)19(17)28/h5-9,13H,1-4H3,(H,33,35)/t13-/m0/s1. The maximum atomic E-state index is 13.4. The van der Waals surface area contributed by atoms with Gasteiger partial charge in [-0.25, -0.2) is 9.88 Å². The van der Waals surface area contributed by atoms with Crippen LogP contribution < -0.4 is 10.2 Å². The van der Waals surface area contributed by atoms with Crippen LogP contribution in [0.1, 0.15) is 44.3 Å². The number of nitrogens with one attached hydrogen (secondary N) is 1. The van der Waals surface area contributed by atoms with E-state index in [0.717, 1.165) is 36.9 Å². The highest BCUT2D eigenvalue weighted by atomic mass is 79.9. The molecule has 0 aliphatic carbocycles. The van der Waals surface area contributed by atoms with Gasteiger partial charge in [0, 0.05) is 23.6 Å². The van der Waals surface area contributed by atoms with Crippen molar-refractivity contribution in [1.29, 1.82) is 0 Å². The summed E-state index contributed by atoms with van der Waals surface area (Å²) >= 11 is 16.6. The number of rotatable bonds is 5. The number of amides is 3. The van der Waals surface area contributed by atoms with Crippen molar-refractivity contribution in [3.8, 4) is 0 Å². The number of benzene rings is 3. The molecule has 5 rings (SSSR count). The molecule has 0 fully saturated rings. The molecule has 0 unspecified atom stereocenters. The molecule has 1 aliphatic rings. The summed E-state index contributed by atoms with van der Waals surface area (Å²) in [5, 5.41) is 2.68. The first-order valence-electron chi connectivity index (χ1n) is 11.6. The molecule has 0 spiro atoms. The van der Waals surface area contributed by atoms with Gasteiger partial charge in [-0.05, 0) is 121 Å². The molecule has 0 bridgehead atoms. The second-order valence-corrected chi connectivity index (χ2v) is 14.9. The number of carbonyl (C=O) groups is 3. The molecular formula is C27H19Br4N3O3S2. The molecule has 0 saturated carbocycles. The number of thiazole rings is 1. The highest BCUT2D eigenvalue weighted by molar-refractivity contribution is 9.15. The van der Waals surface area contributed by atoms with E-state index < -0.39 is 11.8 Å². The number of nitrogens with zero attached hydrogens (tertiary/aromatic N) is 2. The highest BCUT2D eigenvalue weighted by Crippen LogP contribution is 2.46. The Hall–Kier alpha value is -1.57. The van der Waals surface area contributed by atoms with E-state index in [-0.39, 0.29) is 11.2 Å². The molecule has 1 aliphatic heterocycles. The van der Waals surface area contributed by atoms with Crippen molar-refractivity contribution in [2.45, 2.75) is 37.3 Å². The number of aromatic nitrogens is 1. The van der Waals surface area contributed by atoms with Crippen LogP contribution >= 0.6 is 86.8 Å². The average Bonchev–Trinajstić information content (AvgIpc) is 3.39. The Kier molecular flexibility index (Phi) is 8.17. The summed E-state index contributed by atoms with van der Waals surface area (Å²) in [4.78, 5) is 45.6. The Balaban J connectivity index is 1.39. The van der Waals surface area contributed by atoms with Crippen LogP contribution in [0.2, 0.25) is 0 Å². The number of carbonyl (C=O) groups excluding carboxylic acids is 3. The normalized spacial score (nSPS) is 13.8. The summed E-state index contributed by atoms with van der Waals surface area (Å²) < 4.78 is 3.83. The van der Waals surface area contributed by atoms with Crippen LogP contribution in [0.4, 0.5) is 11.4 Å². The first-order valence-corrected chi connectivity index (χ1v) is 16.5. The van der Waals surface area contributed by atoms with Gasteiger partial charge in [0.15, 0.2) is 4.34 Å². The second kappa shape index (κ2) is 11.0. The molecule has 2 heterocycles. The van der Waals surface area contributed by atoms with Crippen LogP contribution in [0.15, 0.2) is 52.6 Å². The van der Waals surface area contributed by atoms with Crippen molar-refractivity contribution in [1.82, 2.24) is 4.98 Å². The average molecular weight is 817 g/mol. The third-order valence-electron chi connectivity index (χ3n) is 6.28. The summed E-state index contributed by atoms with van der Waals surface area (Å²) in [6.07, 6.45) is 0. The fraction of sp³-hybridized carbons (Fsp3) is 0.185. The maximum Gasteiger partial charge on any atom is 0.267 e. The molecule has 4 aromatic rings. The van der Waals surface area contributed by atoms with Crippen molar-refractivity contribution < 1.29 is 14.4 Å². The zero-order valence-corrected chi connectivity index (χ0v) is 28.9. The fourth-order valence-electron chi connectivity index (χ4n) is 4.47. The highest BCUT2D eigenvalue weighted by Gasteiger charge is 2.42. The zero-order chi connectivity index (χ0) is 28.3. The van der Waals surface area contributed by atoms with Crippen LogP contribution in [0, 0.1) is 20.8 Å². The van der Waals surface area contributed by atoms with Gasteiger partial charge in [-0.3, -0.25) is 14.4 Å². The molecule has 3 aromatic carbocycles. The van der Waals surface area contributed by atoms with Crippen LogP contribution in [0.5, 0.6) is 0 Å². The number of aryl methyl sites for hydroxylation is 3. The SMILES string of the molecule is Cc1cc(C)c(NC(=O)[C@H](C)Sc2nc3ccc(N4C(=O)c5c(Br)c(Br)c(Br)c(Br)c5C4=O)cc3s2)c(C)c1. The van der Waals surface area contributed by atoms with Crippen molar-refractivity contribution in [2.24, 2.45) is 0 Å². The van der Waals surface area contributed by atoms with Crippen molar-refractivity contribution in [3.05, 3.63) is 76.0 Å². The Labute approximate surface area is 266 Å². The Bertz CT molecular complexity index is 1670. The summed E-state index contributed by atoms with van der Waals surface area (Å²) in [7, 11) is 0. The lowest BCUT2D eigenvalue weighted by Gasteiger charge is -2.15. The van der Waals surface area contributed by atoms with Gasteiger partial charge in [-0.2, -0.15) is 0 Å². The minimum Gasteiger partial charge on any atom is -0.325 e.